The number of hydrazone groups is 1. The maximum Gasteiger partial charge on any atom is 0.145 e. The minimum atomic E-state index is -0.456. The summed E-state index contributed by atoms with van der Waals surface area (Å²) >= 11 is 0. The van der Waals surface area contributed by atoms with E-state index in [1.807, 2.05) is 51.1 Å². The molecule has 24 heavy (non-hydrogen) atoms. The quantitative estimate of drug-likeness (QED) is 0.924. The number of fused-ring (bicyclic) bond motifs is 1. The maximum atomic E-state index is 9.63. The van der Waals surface area contributed by atoms with Crippen molar-refractivity contribution in [3.05, 3.63) is 47.3 Å². The first kappa shape index (κ1) is 16.1. The van der Waals surface area contributed by atoms with Gasteiger partial charge in [-0.2, -0.15) is 10.4 Å². The van der Waals surface area contributed by atoms with Gasteiger partial charge in [-0.05, 0) is 39.0 Å². The minimum Gasteiger partial charge on any atom is -0.492 e. The Labute approximate surface area is 141 Å². The lowest BCUT2D eigenvalue weighted by molar-refractivity contribution is 0.0409. The van der Waals surface area contributed by atoms with E-state index in [4.69, 9.17) is 15.2 Å². The fourth-order valence-corrected chi connectivity index (χ4v) is 2.73. The third-order valence-electron chi connectivity index (χ3n) is 3.86. The van der Waals surface area contributed by atoms with E-state index >= 15 is 0 Å². The first-order valence-electron chi connectivity index (χ1n) is 7.83. The zero-order valence-electron chi connectivity index (χ0n) is 14.0. The van der Waals surface area contributed by atoms with Crippen molar-refractivity contribution >= 4 is 11.4 Å². The summed E-state index contributed by atoms with van der Waals surface area (Å²) in [5.74, 6) is 0.950. The number of hydrogen-bond acceptors (Lipinski definition) is 6. The molecule has 0 unspecified atom stereocenters. The van der Waals surface area contributed by atoms with Crippen molar-refractivity contribution in [1.29, 1.82) is 5.26 Å². The highest BCUT2D eigenvalue weighted by Crippen LogP contribution is 2.36. The summed E-state index contributed by atoms with van der Waals surface area (Å²) in [5.41, 5.74) is 8.34. The molecule has 0 radical (unpaired) electrons. The summed E-state index contributed by atoms with van der Waals surface area (Å²) in [6.07, 6.45) is 1.90. The molecule has 2 aliphatic heterocycles. The van der Waals surface area contributed by atoms with Crippen LogP contribution in [0.5, 0.6) is 5.75 Å². The molecule has 0 aromatic heterocycles. The van der Waals surface area contributed by atoms with Gasteiger partial charge in [-0.25, -0.2) is 5.01 Å². The van der Waals surface area contributed by atoms with Gasteiger partial charge in [0, 0.05) is 5.57 Å². The Bertz CT molecular complexity index is 799. The zero-order valence-corrected chi connectivity index (χ0v) is 14.0. The predicted octanol–water partition coefficient (Wildman–Crippen LogP) is 2.69. The molecular weight excluding hydrogens is 304 g/mol. The zero-order chi connectivity index (χ0) is 17.3. The standard InChI is InChI=1S/C18H20N4O2/c1-4-23-16-8-6-5-7-15(16)22-17(20)13(10-19)12-9-18(2,3)24-11-14(12)21-22/h5-9H,4,11,20H2,1-3H3. The summed E-state index contributed by atoms with van der Waals surface area (Å²) in [4.78, 5) is 0. The second-order valence-electron chi connectivity index (χ2n) is 6.08. The highest BCUT2D eigenvalue weighted by Gasteiger charge is 2.33. The number of allylic oxidation sites excluding steroid dienone is 1. The lowest BCUT2D eigenvalue weighted by Gasteiger charge is -2.34. The van der Waals surface area contributed by atoms with Gasteiger partial charge in [0.2, 0.25) is 0 Å². The van der Waals surface area contributed by atoms with E-state index in [0.29, 0.717) is 35.9 Å². The van der Waals surface area contributed by atoms with E-state index in [-0.39, 0.29) is 5.82 Å². The summed E-state index contributed by atoms with van der Waals surface area (Å²) in [6, 6.07) is 9.68. The number of anilines is 1. The second kappa shape index (κ2) is 6.02. The van der Waals surface area contributed by atoms with E-state index < -0.39 is 5.60 Å². The molecule has 2 N–H and O–H groups in total. The first-order chi connectivity index (χ1) is 11.5. The van der Waals surface area contributed by atoms with E-state index in [9.17, 15) is 5.26 Å². The van der Waals surface area contributed by atoms with Gasteiger partial charge >= 0.3 is 0 Å². The Morgan fingerprint density at radius 1 is 1.42 bits per heavy atom. The van der Waals surface area contributed by atoms with Crippen LogP contribution in [0, 0.1) is 11.3 Å². The number of nitrogens with two attached hydrogens (primary N) is 1. The van der Waals surface area contributed by atoms with Crippen LogP contribution in [0.1, 0.15) is 20.8 Å². The third-order valence-corrected chi connectivity index (χ3v) is 3.86. The Hall–Kier alpha value is -2.78. The van der Waals surface area contributed by atoms with Gasteiger partial charge in [-0.1, -0.05) is 12.1 Å². The van der Waals surface area contributed by atoms with Crippen LogP contribution in [0.2, 0.25) is 0 Å². The molecule has 3 rings (SSSR count). The van der Waals surface area contributed by atoms with E-state index in [0.717, 1.165) is 5.57 Å². The molecule has 0 fully saturated rings. The summed E-state index contributed by atoms with van der Waals surface area (Å²) < 4.78 is 11.4. The summed E-state index contributed by atoms with van der Waals surface area (Å²) in [5, 5.41) is 15.8. The van der Waals surface area contributed by atoms with E-state index in [1.165, 1.54) is 0 Å². The molecule has 0 saturated heterocycles. The van der Waals surface area contributed by atoms with Crippen molar-refractivity contribution in [2.45, 2.75) is 26.4 Å². The number of hydrogen-bond donors (Lipinski definition) is 1. The summed E-state index contributed by atoms with van der Waals surface area (Å²) in [7, 11) is 0. The molecule has 0 bridgehead atoms. The van der Waals surface area contributed by atoms with Crippen LogP contribution >= 0.6 is 0 Å². The third kappa shape index (κ3) is 2.74. The molecule has 0 amide bonds. The van der Waals surface area contributed by atoms with Crippen LogP contribution in [-0.2, 0) is 4.74 Å². The number of rotatable bonds is 3. The molecule has 6 nitrogen and oxygen atoms in total. The number of para-hydroxylation sites is 2. The smallest absolute Gasteiger partial charge is 0.145 e. The molecule has 0 atom stereocenters. The van der Waals surface area contributed by atoms with Crippen LogP contribution in [0.4, 0.5) is 5.69 Å². The average Bonchev–Trinajstić information content (AvgIpc) is 2.55. The minimum absolute atomic E-state index is 0.289. The van der Waals surface area contributed by atoms with E-state index in [1.54, 1.807) is 5.01 Å². The largest absolute Gasteiger partial charge is 0.492 e. The Morgan fingerprint density at radius 3 is 2.88 bits per heavy atom. The second-order valence-corrected chi connectivity index (χ2v) is 6.08. The molecule has 2 aliphatic rings. The highest BCUT2D eigenvalue weighted by atomic mass is 16.5. The maximum absolute atomic E-state index is 9.63. The van der Waals surface area contributed by atoms with Gasteiger partial charge in [-0.15, -0.1) is 0 Å². The highest BCUT2D eigenvalue weighted by molar-refractivity contribution is 6.08. The van der Waals surface area contributed by atoms with Gasteiger partial charge in [0.05, 0.1) is 24.5 Å². The molecule has 1 aromatic rings. The van der Waals surface area contributed by atoms with Gasteiger partial charge < -0.3 is 15.2 Å². The van der Waals surface area contributed by atoms with Crippen LogP contribution in [0.3, 0.4) is 0 Å². The van der Waals surface area contributed by atoms with Crippen molar-refractivity contribution in [2.24, 2.45) is 10.8 Å². The molecule has 0 saturated carbocycles. The molecule has 0 aliphatic carbocycles. The van der Waals surface area contributed by atoms with Crippen LogP contribution in [-0.4, -0.2) is 24.5 Å². The molecular formula is C18H20N4O2. The number of ether oxygens (including phenoxy) is 2. The van der Waals surface area contributed by atoms with Crippen molar-refractivity contribution in [3.8, 4) is 11.8 Å². The number of benzene rings is 1. The number of nitrogens with zero attached hydrogens (tertiary/aromatic N) is 3. The lowest BCUT2D eigenvalue weighted by atomic mass is 9.92. The molecule has 0 spiro atoms. The Morgan fingerprint density at radius 2 is 2.17 bits per heavy atom. The molecule has 1 aromatic carbocycles. The van der Waals surface area contributed by atoms with Gasteiger partial charge in [0.25, 0.3) is 0 Å². The Kier molecular flexibility index (Phi) is 4.04. The van der Waals surface area contributed by atoms with Crippen molar-refractivity contribution in [2.75, 3.05) is 18.2 Å². The topological polar surface area (TPSA) is 83.9 Å². The Balaban J connectivity index is 2.13. The predicted molar refractivity (Wildman–Crippen MR) is 92.5 cm³/mol. The van der Waals surface area contributed by atoms with Gasteiger partial charge in [0.1, 0.15) is 28.9 Å². The van der Waals surface area contributed by atoms with E-state index in [2.05, 4.69) is 11.2 Å². The van der Waals surface area contributed by atoms with Crippen LogP contribution in [0.15, 0.2) is 52.4 Å². The summed E-state index contributed by atoms with van der Waals surface area (Å²) in [6.45, 7) is 6.65. The monoisotopic (exact) mass is 324 g/mol. The average molecular weight is 324 g/mol. The van der Waals surface area contributed by atoms with Crippen molar-refractivity contribution in [1.82, 2.24) is 0 Å². The van der Waals surface area contributed by atoms with Crippen LogP contribution < -0.4 is 15.5 Å². The number of nitriles is 1. The lowest BCUT2D eigenvalue weighted by Crippen LogP contribution is -2.39. The fourth-order valence-electron chi connectivity index (χ4n) is 2.73. The normalized spacial score (nSPS) is 19.2. The van der Waals surface area contributed by atoms with Crippen LogP contribution in [0.25, 0.3) is 0 Å². The van der Waals surface area contributed by atoms with Crippen molar-refractivity contribution < 1.29 is 9.47 Å². The fraction of sp³-hybridized carbons (Fsp3) is 0.333. The molecule has 6 heteroatoms. The first-order valence-corrected chi connectivity index (χ1v) is 7.83. The molecule has 124 valence electrons. The molecule has 2 heterocycles. The van der Waals surface area contributed by atoms with Gasteiger partial charge in [0.15, 0.2) is 0 Å². The van der Waals surface area contributed by atoms with Crippen molar-refractivity contribution in [3.63, 3.8) is 0 Å². The SMILES string of the molecule is CCOc1ccccc1N1N=C2COC(C)(C)C=C2C(C#N)=C1N. The van der Waals surface area contributed by atoms with Gasteiger partial charge in [-0.3, -0.25) is 0 Å².